The molecule has 0 aromatic carbocycles. The number of aryl methyl sites for hydroxylation is 1. The summed E-state index contributed by atoms with van der Waals surface area (Å²) in [5.41, 5.74) is 0.736. The van der Waals surface area contributed by atoms with Gasteiger partial charge in [0, 0.05) is 25.4 Å². The molecule has 0 amide bonds. The second-order valence-corrected chi connectivity index (χ2v) is 2.72. The maximum atomic E-state index is 11.1. The number of fused-ring (bicyclic) bond motifs is 1. The van der Waals surface area contributed by atoms with E-state index in [1.54, 1.807) is 13.2 Å². The second kappa shape index (κ2) is 2.48. The number of nitrogens with zero attached hydrogens (tertiary/aromatic N) is 2. The van der Waals surface area contributed by atoms with Crippen LogP contribution in [0.4, 0.5) is 5.82 Å². The van der Waals surface area contributed by atoms with Gasteiger partial charge in [-0.15, -0.1) is 0 Å². The molecule has 0 unspecified atom stereocenters. The molecule has 4 heteroatoms. The Labute approximate surface area is 69.6 Å². The highest BCUT2D eigenvalue weighted by molar-refractivity contribution is 5.65. The third-order valence-corrected chi connectivity index (χ3v) is 1.80. The van der Waals surface area contributed by atoms with Crippen LogP contribution in [-0.2, 0) is 7.05 Å². The number of nitrogens with one attached hydrogen (secondary N) is 1. The summed E-state index contributed by atoms with van der Waals surface area (Å²) in [5, 5.41) is 3.02. The van der Waals surface area contributed by atoms with Crippen molar-refractivity contribution in [2.24, 2.45) is 7.05 Å². The topological polar surface area (TPSA) is 46.9 Å². The van der Waals surface area contributed by atoms with E-state index in [-0.39, 0.29) is 5.69 Å². The number of hydrogen-bond donors (Lipinski definition) is 1. The van der Waals surface area contributed by atoms with E-state index >= 15 is 0 Å². The first-order valence-electron chi connectivity index (χ1n) is 3.75. The van der Waals surface area contributed by atoms with E-state index in [4.69, 9.17) is 0 Å². The van der Waals surface area contributed by atoms with E-state index in [0.29, 0.717) is 5.82 Å². The molecule has 1 aromatic rings. The lowest BCUT2D eigenvalue weighted by Crippen LogP contribution is -2.23. The van der Waals surface area contributed by atoms with Gasteiger partial charge in [0.15, 0.2) is 0 Å². The highest BCUT2D eigenvalue weighted by atomic mass is 16.1. The fourth-order valence-corrected chi connectivity index (χ4v) is 1.17. The minimum atomic E-state index is -0.225. The van der Waals surface area contributed by atoms with Crippen LogP contribution in [0.3, 0.4) is 0 Å². The molecule has 0 aliphatic carbocycles. The molecule has 0 fully saturated rings. The van der Waals surface area contributed by atoms with Crippen molar-refractivity contribution in [2.45, 2.75) is 0 Å². The van der Waals surface area contributed by atoms with Crippen LogP contribution in [0.2, 0.25) is 0 Å². The Kier molecular flexibility index (Phi) is 1.46. The molecule has 1 aromatic heterocycles. The van der Waals surface area contributed by atoms with Crippen molar-refractivity contribution in [3.05, 3.63) is 28.3 Å². The zero-order chi connectivity index (χ0) is 8.55. The van der Waals surface area contributed by atoms with Gasteiger partial charge in [0.25, 0.3) is 0 Å². The van der Waals surface area contributed by atoms with Crippen molar-refractivity contribution in [2.75, 3.05) is 11.9 Å². The molecule has 1 aliphatic heterocycles. The molecule has 0 radical (unpaired) electrons. The van der Waals surface area contributed by atoms with Gasteiger partial charge in [-0.25, -0.2) is 4.79 Å². The zero-order valence-electron chi connectivity index (χ0n) is 6.74. The molecule has 12 heavy (non-hydrogen) atoms. The summed E-state index contributed by atoms with van der Waals surface area (Å²) in [7, 11) is 1.69. The summed E-state index contributed by atoms with van der Waals surface area (Å²) in [6, 6.07) is 0. The fourth-order valence-electron chi connectivity index (χ4n) is 1.17. The van der Waals surface area contributed by atoms with Gasteiger partial charge in [-0.1, -0.05) is 12.2 Å². The monoisotopic (exact) mass is 163 g/mol. The average Bonchev–Trinajstić information content (AvgIpc) is 2.07. The first-order chi connectivity index (χ1) is 5.77. The Morgan fingerprint density at radius 3 is 3.33 bits per heavy atom. The Hall–Kier alpha value is -1.58. The van der Waals surface area contributed by atoms with Crippen LogP contribution >= 0.6 is 0 Å². The molecule has 0 saturated carbocycles. The van der Waals surface area contributed by atoms with Gasteiger partial charge in [-0.2, -0.15) is 4.98 Å². The van der Waals surface area contributed by atoms with Crippen LogP contribution in [0.1, 0.15) is 5.56 Å². The van der Waals surface area contributed by atoms with Crippen molar-refractivity contribution in [3.8, 4) is 0 Å². The van der Waals surface area contributed by atoms with Crippen LogP contribution < -0.4 is 11.0 Å². The molecule has 62 valence electrons. The van der Waals surface area contributed by atoms with Crippen molar-refractivity contribution >= 4 is 11.9 Å². The highest BCUT2D eigenvalue weighted by Crippen LogP contribution is 2.14. The predicted octanol–water partition coefficient (Wildman–Crippen LogP) is 0.219. The molecule has 4 nitrogen and oxygen atoms in total. The lowest BCUT2D eigenvalue weighted by molar-refractivity contribution is 0.808. The number of rotatable bonds is 0. The van der Waals surface area contributed by atoms with Crippen molar-refractivity contribution < 1.29 is 0 Å². The van der Waals surface area contributed by atoms with Gasteiger partial charge in [-0.3, -0.25) is 0 Å². The van der Waals surface area contributed by atoms with E-state index in [2.05, 4.69) is 10.3 Å². The van der Waals surface area contributed by atoms with Crippen LogP contribution in [0, 0.1) is 0 Å². The maximum Gasteiger partial charge on any atom is 0.349 e. The van der Waals surface area contributed by atoms with Crippen LogP contribution in [0.5, 0.6) is 0 Å². The fraction of sp³-hybridized carbons (Fsp3) is 0.250. The largest absolute Gasteiger partial charge is 0.366 e. The molecule has 1 N–H and O–H groups in total. The van der Waals surface area contributed by atoms with Gasteiger partial charge >= 0.3 is 5.69 Å². The maximum absolute atomic E-state index is 11.1. The van der Waals surface area contributed by atoms with Gasteiger partial charge in [0.05, 0.1) is 0 Å². The second-order valence-electron chi connectivity index (χ2n) is 2.72. The van der Waals surface area contributed by atoms with Crippen molar-refractivity contribution in [3.63, 3.8) is 0 Å². The summed E-state index contributed by atoms with van der Waals surface area (Å²) in [4.78, 5) is 14.9. The standard InChI is InChI=1S/C8H9N3O/c1-11-5-6-3-2-4-9-7(6)10-8(11)12/h2-3,5H,4H2,1H3,(H,9,10,12). The van der Waals surface area contributed by atoms with E-state index in [1.165, 1.54) is 4.57 Å². The quantitative estimate of drug-likeness (QED) is 0.595. The van der Waals surface area contributed by atoms with Gasteiger partial charge in [0.1, 0.15) is 5.82 Å². The molecule has 0 spiro atoms. The molecule has 2 heterocycles. The highest BCUT2D eigenvalue weighted by Gasteiger charge is 2.05. The first-order valence-corrected chi connectivity index (χ1v) is 3.75. The van der Waals surface area contributed by atoms with E-state index in [0.717, 1.165) is 12.1 Å². The Morgan fingerprint density at radius 1 is 1.67 bits per heavy atom. The minimum Gasteiger partial charge on any atom is -0.366 e. The smallest absolute Gasteiger partial charge is 0.349 e. The summed E-state index contributed by atoms with van der Waals surface area (Å²) >= 11 is 0. The molecular weight excluding hydrogens is 154 g/mol. The molecule has 0 saturated heterocycles. The Bertz CT molecular complexity index is 392. The Balaban J connectivity index is 2.66. The number of anilines is 1. The lowest BCUT2D eigenvalue weighted by atomic mass is 10.2. The van der Waals surface area contributed by atoms with Gasteiger partial charge in [-0.05, 0) is 0 Å². The van der Waals surface area contributed by atoms with Crippen molar-refractivity contribution in [1.29, 1.82) is 0 Å². The SMILES string of the molecule is Cn1cc2c(nc1=O)NCC=C2. The Morgan fingerprint density at radius 2 is 2.50 bits per heavy atom. The van der Waals surface area contributed by atoms with E-state index in [9.17, 15) is 4.79 Å². The molecule has 1 aliphatic rings. The summed E-state index contributed by atoms with van der Waals surface area (Å²) in [6.45, 7) is 0.743. The lowest BCUT2D eigenvalue weighted by Gasteiger charge is -2.11. The predicted molar refractivity (Wildman–Crippen MR) is 47.0 cm³/mol. The summed E-state index contributed by atoms with van der Waals surface area (Å²) in [6.07, 6.45) is 5.72. The minimum absolute atomic E-state index is 0.225. The molecule has 0 bridgehead atoms. The molecule has 2 rings (SSSR count). The third-order valence-electron chi connectivity index (χ3n) is 1.80. The first kappa shape index (κ1) is 7.09. The molecule has 0 atom stereocenters. The normalized spacial score (nSPS) is 13.8. The van der Waals surface area contributed by atoms with E-state index in [1.807, 2.05) is 12.2 Å². The third kappa shape index (κ3) is 1.01. The van der Waals surface area contributed by atoms with Crippen molar-refractivity contribution in [1.82, 2.24) is 9.55 Å². The summed E-state index contributed by atoms with van der Waals surface area (Å²) in [5.74, 6) is 0.681. The molecular formula is C8H9N3O. The zero-order valence-corrected chi connectivity index (χ0v) is 6.74. The number of hydrogen-bond acceptors (Lipinski definition) is 3. The summed E-state index contributed by atoms with van der Waals surface area (Å²) < 4.78 is 1.47. The van der Waals surface area contributed by atoms with Gasteiger partial charge in [0.2, 0.25) is 0 Å². The number of aromatic nitrogens is 2. The van der Waals surface area contributed by atoms with Gasteiger partial charge < -0.3 is 9.88 Å². The average molecular weight is 163 g/mol. The van der Waals surface area contributed by atoms with Crippen LogP contribution in [0.25, 0.3) is 6.08 Å². The van der Waals surface area contributed by atoms with E-state index < -0.39 is 0 Å². The van der Waals surface area contributed by atoms with Crippen LogP contribution in [-0.4, -0.2) is 16.1 Å². The van der Waals surface area contributed by atoms with Crippen LogP contribution in [0.15, 0.2) is 17.1 Å².